The van der Waals surface area contributed by atoms with Gasteiger partial charge in [0.25, 0.3) is 0 Å². The second-order valence-electron chi connectivity index (χ2n) is 6.49. The van der Waals surface area contributed by atoms with Crippen molar-refractivity contribution in [3.8, 4) is 0 Å². The number of aryl methyl sites for hydroxylation is 1. The molecular formula is C24H35BrNO3Y-. The van der Waals surface area contributed by atoms with Gasteiger partial charge in [-0.25, -0.2) is 0 Å². The Hall–Kier alpha value is -0.426. The molecule has 0 saturated carbocycles. The van der Waals surface area contributed by atoms with E-state index in [2.05, 4.69) is 21.2 Å². The Morgan fingerprint density at radius 2 is 1.77 bits per heavy atom. The molecule has 0 aromatic heterocycles. The van der Waals surface area contributed by atoms with Crippen LogP contribution in [-0.2, 0) is 54.3 Å². The van der Waals surface area contributed by atoms with Crippen molar-refractivity contribution in [3.63, 3.8) is 0 Å². The number of aliphatic hydroxyl groups excluding tert-OH is 1. The summed E-state index contributed by atoms with van der Waals surface area (Å²) < 4.78 is 5.62. The largest absolute Gasteiger partial charge is 0.663 e. The van der Waals surface area contributed by atoms with Crippen molar-refractivity contribution in [1.82, 2.24) is 0 Å². The number of likely N-dealkylation sites (N-methyl/N-ethyl adjacent to an activating group) is 1. The van der Waals surface area contributed by atoms with Crippen LogP contribution in [0.1, 0.15) is 37.5 Å². The minimum atomic E-state index is -0.608. The molecule has 2 aromatic carbocycles. The molecule has 6 heteroatoms. The third kappa shape index (κ3) is 11.8. The van der Waals surface area contributed by atoms with Gasteiger partial charge in [0.05, 0.1) is 24.0 Å². The van der Waals surface area contributed by atoms with E-state index in [-0.39, 0.29) is 45.1 Å². The number of benzene rings is 2. The zero-order valence-electron chi connectivity index (χ0n) is 18.9. The topological polar surface area (TPSA) is 60.6 Å². The van der Waals surface area contributed by atoms with Gasteiger partial charge in [-0.2, -0.15) is 7.05 Å². The van der Waals surface area contributed by atoms with E-state index in [9.17, 15) is 4.79 Å². The molecule has 0 aliphatic heterocycles. The van der Waals surface area contributed by atoms with Crippen molar-refractivity contribution in [2.24, 2.45) is 0 Å². The molecule has 0 saturated heterocycles. The number of carbonyl (C=O) groups is 1. The Morgan fingerprint density at radius 3 is 2.23 bits per heavy atom. The number of nitrogens with zero attached hydrogens (tertiary/aromatic N) is 1. The van der Waals surface area contributed by atoms with E-state index in [1.807, 2.05) is 82.3 Å². The van der Waals surface area contributed by atoms with Crippen LogP contribution in [0.3, 0.4) is 0 Å². The first-order valence-corrected chi connectivity index (χ1v) is 11.0. The third-order valence-electron chi connectivity index (χ3n) is 4.27. The maximum atomic E-state index is 12.3. The molecular weight excluding hydrogens is 519 g/mol. The first-order chi connectivity index (χ1) is 14.0. The van der Waals surface area contributed by atoms with Gasteiger partial charge in [-0.3, -0.25) is 4.79 Å². The minimum absolute atomic E-state index is 0. The first kappa shape index (κ1) is 31.8. The van der Waals surface area contributed by atoms with E-state index >= 15 is 0 Å². The molecule has 0 fully saturated rings. The monoisotopic (exact) mass is 553 g/mol. The zero-order chi connectivity index (χ0) is 22.1. The van der Waals surface area contributed by atoms with Crippen LogP contribution < -0.4 is 0 Å². The molecule has 1 radical (unpaired) electrons. The maximum absolute atomic E-state index is 12.3. The van der Waals surface area contributed by atoms with Crippen molar-refractivity contribution in [2.75, 3.05) is 32.1 Å². The van der Waals surface area contributed by atoms with Crippen LogP contribution >= 0.6 is 15.9 Å². The molecule has 1 unspecified atom stereocenters. The molecule has 0 aliphatic rings. The summed E-state index contributed by atoms with van der Waals surface area (Å²) in [4.78, 5) is 12.3. The van der Waals surface area contributed by atoms with E-state index < -0.39 is 5.41 Å². The number of ether oxygens (including phenoxy) is 1. The average Bonchev–Trinajstić information content (AvgIpc) is 2.78. The van der Waals surface area contributed by atoms with Gasteiger partial charge in [0, 0.05) is 39.3 Å². The van der Waals surface area contributed by atoms with E-state index in [0.29, 0.717) is 25.1 Å². The van der Waals surface area contributed by atoms with Gasteiger partial charge in [0.2, 0.25) is 0 Å². The third-order valence-corrected chi connectivity index (χ3v) is 4.78. The summed E-state index contributed by atoms with van der Waals surface area (Å²) >= 11 is 3.27. The molecule has 0 aliphatic carbocycles. The van der Waals surface area contributed by atoms with Crippen molar-refractivity contribution in [3.05, 3.63) is 76.6 Å². The summed E-state index contributed by atoms with van der Waals surface area (Å²) in [6.07, 6.45) is 0. The molecule has 1 N–H and O–H groups in total. The molecule has 2 rings (SSSR count). The quantitative estimate of drug-likeness (QED) is 0.332. The van der Waals surface area contributed by atoms with Crippen LogP contribution in [0.2, 0.25) is 0 Å². The standard InChI is InChI=1S/C15H21BrNO2.C7H8O.C2H6.Y/c1-12-5-4-6-13(9-12)15(2,14(18)10-16)11-19-8-7-17-3;8-6-7-4-2-1-3-5-7;1-2;/h4-6,9H,7-8,10-11H2,1-3H3;1-5,8H,6H2;1-2H3;/q-1;;;. The van der Waals surface area contributed by atoms with Gasteiger partial charge in [-0.1, -0.05) is 89.9 Å². The molecule has 0 bridgehead atoms. The number of halogens is 1. The Morgan fingerprint density at radius 1 is 1.13 bits per heavy atom. The number of Topliss-reactive ketones (excluding diaryl/α,β-unsaturated/α-hetero) is 1. The van der Waals surface area contributed by atoms with Gasteiger partial charge in [0.15, 0.2) is 5.78 Å². The summed E-state index contributed by atoms with van der Waals surface area (Å²) in [7, 11) is 1.76. The maximum Gasteiger partial charge on any atom is 0.155 e. The summed E-state index contributed by atoms with van der Waals surface area (Å²) in [5.41, 5.74) is 2.51. The fourth-order valence-electron chi connectivity index (χ4n) is 2.48. The van der Waals surface area contributed by atoms with Crippen molar-refractivity contribution >= 4 is 21.7 Å². The van der Waals surface area contributed by atoms with E-state index in [0.717, 1.165) is 16.7 Å². The summed E-state index contributed by atoms with van der Waals surface area (Å²) in [5, 5.41) is 12.9. The van der Waals surface area contributed by atoms with Crippen LogP contribution in [0.15, 0.2) is 54.6 Å². The number of hydrogen-bond donors (Lipinski definition) is 1. The fourth-order valence-corrected chi connectivity index (χ4v) is 3.09. The van der Waals surface area contributed by atoms with Gasteiger partial charge in [-0.05, 0) is 25.0 Å². The van der Waals surface area contributed by atoms with Gasteiger partial charge in [-0.15, -0.1) is 6.54 Å². The number of alkyl halides is 1. The van der Waals surface area contributed by atoms with Crippen molar-refractivity contribution < 1.29 is 47.3 Å². The molecule has 2 aromatic rings. The van der Waals surface area contributed by atoms with Crippen LogP contribution in [0, 0.1) is 6.92 Å². The molecule has 4 nitrogen and oxygen atoms in total. The number of rotatable bonds is 9. The Kier molecular flexibility index (Phi) is 20.4. The average molecular weight is 554 g/mol. The smallest absolute Gasteiger partial charge is 0.155 e. The zero-order valence-corrected chi connectivity index (χ0v) is 23.3. The van der Waals surface area contributed by atoms with Crippen LogP contribution in [0.25, 0.3) is 5.32 Å². The predicted octanol–water partition coefficient (Wildman–Crippen LogP) is 5.44. The number of hydrogen-bond acceptors (Lipinski definition) is 3. The molecule has 0 heterocycles. The summed E-state index contributed by atoms with van der Waals surface area (Å²) in [6, 6.07) is 17.6. The summed E-state index contributed by atoms with van der Waals surface area (Å²) in [6.45, 7) is 9.70. The molecule has 1 atom stereocenters. The fraction of sp³-hybridized carbons (Fsp3) is 0.458. The van der Waals surface area contributed by atoms with Gasteiger partial charge < -0.3 is 15.2 Å². The van der Waals surface area contributed by atoms with Gasteiger partial charge >= 0.3 is 0 Å². The van der Waals surface area contributed by atoms with Crippen LogP contribution in [0.5, 0.6) is 0 Å². The molecule has 0 spiro atoms. The predicted molar refractivity (Wildman–Crippen MR) is 126 cm³/mol. The van der Waals surface area contributed by atoms with Crippen molar-refractivity contribution in [1.29, 1.82) is 0 Å². The number of carbonyl (C=O) groups excluding carboxylic acids is 1. The Balaban J connectivity index is 0. The first-order valence-electron chi connectivity index (χ1n) is 9.92. The molecule has 0 amide bonds. The van der Waals surface area contributed by atoms with Crippen molar-refractivity contribution in [2.45, 2.75) is 39.7 Å². The van der Waals surface area contributed by atoms with E-state index in [4.69, 9.17) is 9.84 Å². The summed E-state index contributed by atoms with van der Waals surface area (Å²) in [5.74, 6) is 0.131. The second-order valence-corrected chi connectivity index (χ2v) is 7.06. The Labute approximate surface area is 216 Å². The van der Waals surface area contributed by atoms with E-state index in [1.165, 1.54) is 0 Å². The molecule has 30 heavy (non-hydrogen) atoms. The number of aliphatic hydroxyl groups is 1. The minimum Gasteiger partial charge on any atom is -0.663 e. The SMILES string of the molecule is CC.C[N-]CCOCC(C)(C(=O)CBr)c1cccc(C)c1.OCc1ccccc1.[Y]. The molecule has 165 valence electrons. The van der Waals surface area contributed by atoms with E-state index in [1.54, 1.807) is 7.05 Å². The van der Waals surface area contributed by atoms with Crippen LogP contribution in [-0.4, -0.2) is 43.0 Å². The van der Waals surface area contributed by atoms with Crippen LogP contribution in [0.4, 0.5) is 0 Å². The van der Waals surface area contributed by atoms with Gasteiger partial charge in [0.1, 0.15) is 0 Å². The number of ketones is 1. The second kappa shape index (κ2) is 19.3. The normalized spacial score (nSPS) is 11.6. The Bertz CT molecular complexity index is 685.